The lowest BCUT2D eigenvalue weighted by molar-refractivity contribution is 1.23. The standard InChI is InChI=1S/C13H18/c1-5-9-11-13(8-4)12(7-3)10-6-2/h5-10H,2-3,11H2,1,4H3/b9-5?,12-10-,13-8-. The van der Waals surface area contributed by atoms with Crippen LogP contribution >= 0.6 is 0 Å². The minimum Gasteiger partial charge on any atom is -0.0990 e. The molecule has 0 aromatic carbocycles. The molecule has 0 saturated heterocycles. The molecule has 0 atom stereocenters. The number of hydrogen-bond donors (Lipinski definition) is 0. The van der Waals surface area contributed by atoms with Gasteiger partial charge in [-0.3, -0.25) is 0 Å². The van der Waals surface area contributed by atoms with Gasteiger partial charge in [-0.2, -0.15) is 0 Å². The summed E-state index contributed by atoms with van der Waals surface area (Å²) in [7, 11) is 0. The fourth-order valence-corrected chi connectivity index (χ4v) is 1.08. The van der Waals surface area contributed by atoms with E-state index in [0.29, 0.717) is 0 Å². The summed E-state index contributed by atoms with van der Waals surface area (Å²) in [4.78, 5) is 0. The van der Waals surface area contributed by atoms with Crippen molar-refractivity contribution in [3.8, 4) is 0 Å². The first-order chi connectivity index (χ1) is 6.29. The van der Waals surface area contributed by atoms with Gasteiger partial charge in [-0.25, -0.2) is 0 Å². The smallest absolute Gasteiger partial charge is 0.00949 e. The van der Waals surface area contributed by atoms with E-state index in [1.807, 2.05) is 26.0 Å². The lowest BCUT2D eigenvalue weighted by atomic mass is 10.0. The largest absolute Gasteiger partial charge is 0.0990 e. The molecule has 0 amide bonds. The van der Waals surface area contributed by atoms with E-state index in [4.69, 9.17) is 0 Å². The molecule has 0 heterocycles. The Labute approximate surface area is 81.7 Å². The lowest BCUT2D eigenvalue weighted by Gasteiger charge is -2.03. The van der Waals surface area contributed by atoms with Crippen LogP contribution in [0.4, 0.5) is 0 Å². The highest BCUT2D eigenvalue weighted by Gasteiger charge is 1.96. The normalized spacial score (nSPS) is 13.4. The minimum atomic E-state index is 0.957. The maximum Gasteiger partial charge on any atom is -0.00949 e. The van der Waals surface area contributed by atoms with E-state index >= 15 is 0 Å². The fraction of sp³-hybridized carbons (Fsp3) is 0.231. The summed E-state index contributed by atoms with van der Waals surface area (Å²) >= 11 is 0. The molecule has 0 aromatic rings. The van der Waals surface area contributed by atoms with Gasteiger partial charge in [0.15, 0.2) is 0 Å². The van der Waals surface area contributed by atoms with Gasteiger partial charge in [0.05, 0.1) is 0 Å². The second kappa shape index (κ2) is 7.35. The topological polar surface area (TPSA) is 0 Å². The molecule has 0 spiro atoms. The highest BCUT2D eigenvalue weighted by atomic mass is 14.0. The zero-order valence-corrected chi connectivity index (χ0v) is 8.59. The average molecular weight is 174 g/mol. The third-order valence-corrected chi connectivity index (χ3v) is 1.81. The molecule has 0 saturated carbocycles. The molecule has 0 bridgehead atoms. The molecule has 0 rings (SSSR count). The van der Waals surface area contributed by atoms with Crippen LogP contribution in [0.25, 0.3) is 0 Å². The summed E-state index contributed by atoms with van der Waals surface area (Å²) in [6, 6.07) is 0. The van der Waals surface area contributed by atoms with E-state index in [1.165, 1.54) is 5.57 Å². The first-order valence-corrected chi connectivity index (χ1v) is 4.52. The summed E-state index contributed by atoms with van der Waals surface area (Å²) in [6.07, 6.45) is 12.9. The van der Waals surface area contributed by atoms with Crippen LogP contribution in [-0.2, 0) is 0 Å². The summed E-state index contributed by atoms with van der Waals surface area (Å²) in [5.74, 6) is 0. The number of allylic oxidation sites excluding steroid dienone is 8. The van der Waals surface area contributed by atoms with Crippen LogP contribution in [0.1, 0.15) is 20.3 Å². The molecule has 0 unspecified atom stereocenters. The summed E-state index contributed by atoms with van der Waals surface area (Å²) in [5.41, 5.74) is 2.43. The zero-order chi connectivity index (χ0) is 10.1. The molecular weight excluding hydrogens is 156 g/mol. The van der Waals surface area contributed by atoms with Crippen molar-refractivity contribution >= 4 is 0 Å². The van der Waals surface area contributed by atoms with Crippen LogP contribution < -0.4 is 0 Å². The molecule has 13 heavy (non-hydrogen) atoms. The van der Waals surface area contributed by atoms with E-state index in [0.717, 1.165) is 12.0 Å². The van der Waals surface area contributed by atoms with Gasteiger partial charge in [0.2, 0.25) is 0 Å². The van der Waals surface area contributed by atoms with Gasteiger partial charge in [0.1, 0.15) is 0 Å². The summed E-state index contributed by atoms with van der Waals surface area (Å²) in [6.45, 7) is 11.5. The van der Waals surface area contributed by atoms with Gasteiger partial charge in [-0.15, -0.1) is 0 Å². The highest BCUT2D eigenvalue weighted by Crippen LogP contribution is 2.15. The van der Waals surface area contributed by atoms with Gasteiger partial charge in [-0.1, -0.05) is 49.6 Å². The molecule has 0 fully saturated rings. The first-order valence-electron chi connectivity index (χ1n) is 4.52. The van der Waals surface area contributed by atoms with E-state index in [1.54, 1.807) is 6.08 Å². The van der Waals surface area contributed by atoms with Crippen molar-refractivity contribution < 1.29 is 0 Å². The van der Waals surface area contributed by atoms with Crippen molar-refractivity contribution in [3.63, 3.8) is 0 Å². The van der Waals surface area contributed by atoms with Crippen molar-refractivity contribution in [2.24, 2.45) is 0 Å². The van der Waals surface area contributed by atoms with Gasteiger partial charge in [0.25, 0.3) is 0 Å². The zero-order valence-electron chi connectivity index (χ0n) is 8.59. The Morgan fingerprint density at radius 3 is 2.31 bits per heavy atom. The molecule has 0 aliphatic carbocycles. The molecule has 0 heteroatoms. The predicted octanol–water partition coefficient (Wildman–Crippen LogP) is 4.20. The predicted molar refractivity (Wildman–Crippen MR) is 61.7 cm³/mol. The van der Waals surface area contributed by atoms with Crippen molar-refractivity contribution in [1.82, 2.24) is 0 Å². The minimum absolute atomic E-state index is 0.957. The lowest BCUT2D eigenvalue weighted by Crippen LogP contribution is -1.84. The monoisotopic (exact) mass is 174 g/mol. The third kappa shape index (κ3) is 4.32. The van der Waals surface area contributed by atoms with Gasteiger partial charge in [0, 0.05) is 0 Å². The molecule has 70 valence electrons. The van der Waals surface area contributed by atoms with Crippen molar-refractivity contribution in [3.05, 3.63) is 60.8 Å². The highest BCUT2D eigenvalue weighted by molar-refractivity contribution is 5.41. The SMILES string of the molecule is C=C/C=C(C=C)\C(=C/C)CC=CC. The average Bonchev–Trinajstić information content (AvgIpc) is 2.17. The Morgan fingerprint density at radius 2 is 1.92 bits per heavy atom. The quantitative estimate of drug-likeness (QED) is 0.433. The second-order valence-corrected chi connectivity index (χ2v) is 2.65. The van der Waals surface area contributed by atoms with Gasteiger partial charge < -0.3 is 0 Å². The Kier molecular flexibility index (Phi) is 6.62. The van der Waals surface area contributed by atoms with Gasteiger partial charge in [-0.05, 0) is 31.4 Å². The van der Waals surface area contributed by atoms with Crippen LogP contribution in [0.5, 0.6) is 0 Å². The fourth-order valence-electron chi connectivity index (χ4n) is 1.08. The van der Waals surface area contributed by atoms with Crippen LogP contribution in [0.15, 0.2) is 60.8 Å². The molecule has 0 aromatic heterocycles. The maximum atomic E-state index is 3.78. The number of hydrogen-bond acceptors (Lipinski definition) is 0. The molecule has 0 aliphatic heterocycles. The Hall–Kier alpha value is -1.30. The Morgan fingerprint density at radius 1 is 1.23 bits per heavy atom. The van der Waals surface area contributed by atoms with Crippen LogP contribution in [-0.4, -0.2) is 0 Å². The molecule has 0 aliphatic rings. The van der Waals surface area contributed by atoms with E-state index < -0.39 is 0 Å². The third-order valence-electron chi connectivity index (χ3n) is 1.81. The van der Waals surface area contributed by atoms with Crippen LogP contribution in [0, 0.1) is 0 Å². The molecule has 0 nitrogen and oxygen atoms in total. The van der Waals surface area contributed by atoms with E-state index in [2.05, 4.69) is 31.4 Å². The Bertz CT molecular complexity index is 249. The second-order valence-electron chi connectivity index (χ2n) is 2.65. The van der Waals surface area contributed by atoms with E-state index in [-0.39, 0.29) is 0 Å². The first kappa shape index (κ1) is 11.7. The molecule has 0 N–H and O–H groups in total. The van der Waals surface area contributed by atoms with Crippen molar-refractivity contribution in [1.29, 1.82) is 0 Å². The molecule has 0 radical (unpaired) electrons. The van der Waals surface area contributed by atoms with Crippen molar-refractivity contribution in [2.45, 2.75) is 20.3 Å². The van der Waals surface area contributed by atoms with Gasteiger partial charge >= 0.3 is 0 Å². The van der Waals surface area contributed by atoms with Crippen molar-refractivity contribution in [2.75, 3.05) is 0 Å². The van der Waals surface area contributed by atoms with E-state index in [9.17, 15) is 0 Å². The summed E-state index contributed by atoms with van der Waals surface area (Å²) < 4.78 is 0. The summed E-state index contributed by atoms with van der Waals surface area (Å²) in [5, 5.41) is 0. The Balaban J connectivity index is 4.64. The van der Waals surface area contributed by atoms with Crippen LogP contribution in [0.3, 0.4) is 0 Å². The molecular formula is C13H18. The maximum absolute atomic E-state index is 3.78. The number of rotatable bonds is 5. The van der Waals surface area contributed by atoms with Crippen LogP contribution in [0.2, 0.25) is 0 Å².